The average molecular weight is 333 g/mol. The van der Waals surface area contributed by atoms with Gasteiger partial charge in [-0.1, -0.05) is 6.07 Å². The van der Waals surface area contributed by atoms with Crippen LogP contribution in [-0.4, -0.2) is 40.6 Å². The second-order valence-electron chi connectivity index (χ2n) is 7.01. The van der Waals surface area contributed by atoms with E-state index in [1.54, 1.807) is 13.1 Å². The van der Waals surface area contributed by atoms with E-state index in [-0.39, 0.29) is 11.9 Å². The summed E-state index contributed by atoms with van der Waals surface area (Å²) >= 11 is 0. The van der Waals surface area contributed by atoms with E-state index >= 15 is 0 Å². The number of anilines is 1. The molecule has 1 atom stereocenters. The van der Waals surface area contributed by atoms with Gasteiger partial charge in [-0.15, -0.1) is 0 Å². The summed E-state index contributed by atoms with van der Waals surface area (Å²) in [5, 5.41) is 0. The number of hydrogen-bond donors (Lipinski definition) is 0. The lowest BCUT2D eigenvalue weighted by Crippen LogP contribution is -2.38. The van der Waals surface area contributed by atoms with Crippen LogP contribution in [0.2, 0.25) is 0 Å². The Hall–Kier alpha value is -2.11. The van der Waals surface area contributed by atoms with Gasteiger partial charge in [-0.25, -0.2) is 9.78 Å². The second-order valence-corrected chi connectivity index (χ2v) is 7.01. The number of amides is 2. The first kappa shape index (κ1) is 18.2. The van der Waals surface area contributed by atoms with Crippen molar-refractivity contribution in [1.82, 2.24) is 9.88 Å². The van der Waals surface area contributed by atoms with Crippen LogP contribution in [-0.2, 0) is 9.53 Å². The molecule has 0 aromatic carbocycles. The summed E-state index contributed by atoms with van der Waals surface area (Å²) < 4.78 is 5.50. The average Bonchev–Trinajstić information content (AvgIpc) is 2.96. The zero-order valence-corrected chi connectivity index (χ0v) is 15.2. The van der Waals surface area contributed by atoms with Gasteiger partial charge in [0.25, 0.3) is 0 Å². The molecule has 2 rings (SSSR count). The molecule has 6 heteroatoms. The van der Waals surface area contributed by atoms with Gasteiger partial charge in [0.15, 0.2) is 0 Å². The molecule has 1 saturated heterocycles. The maximum absolute atomic E-state index is 12.6. The summed E-state index contributed by atoms with van der Waals surface area (Å²) in [7, 11) is 0. The van der Waals surface area contributed by atoms with E-state index in [4.69, 9.17) is 4.74 Å². The number of pyridine rings is 1. The fourth-order valence-corrected chi connectivity index (χ4v) is 3.04. The zero-order chi connectivity index (χ0) is 17.9. The number of nitrogens with zero attached hydrogens (tertiary/aromatic N) is 3. The molecule has 24 heavy (non-hydrogen) atoms. The number of carbonyl (C=O) groups is 2. The molecule has 6 nitrogen and oxygen atoms in total. The molecule has 0 radical (unpaired) electrons. The Kier molecular flexibility index (Phi) is 5.47. The Morgan fingerprint density at radius 2 is 2.12 bits per heavy atom. The van der Waals surface area contributed by atoms with Gasteiger partial charge in [0.1, 0.15) is 11.4 Å². The molecule has 1 aliphatic rings. The molecule has 2 heterocycles. The Balaban J connectivity index is 2.36. The molecule has 132 valence electrons. The predicted octanol–water partition coefficient (Wildman–Crippen LogP) is 3.53. The summed E-state index contributed by atoms with van der Waals surface area (Å²) in [4.78, 5) is 32.3. The number of hydrogen-bond acceptors (Lipinski definition) is 4. The van der Waals surface area contributed by atoms with E-state index in [1.807, 2.05) is 44.7 Å². The van der Waals surface area contributed by atoms with Crippen LogP contribution in [0.5, 0.6) is 0 Å². The highest BCUT2D eigenvalue weighted by Crippen LogP contribution is 2.36. The molecular weight excluding hydrogens is 306 g/mol. The first-order valence-corrected chi connectivity index (χ1v) is 8.47. The molecule has 0 aliphatic carbocycles. The minimum atomic E-state index is -0.571. The van der Waals surface area contributed by atoms with Crippen molar-refractivity contribution in [3.05, 3.63) is 23.9 Å². The van der Waals surface area contributed by atoms with Crippen molar-refractivity contribution < 1.29 is 14.3 Å². The summed E-state index contributed by atoms with van der Waals surface area (Å²) in [5.41, 5.74) is 0.330. The van der Waals surface area contributed by atoms with Crippen LogP contribution >= 0.6 is 0 Å². The number of ether oxygens (including phenoxy) is 1. The van der Waals surface area contributed by atoms with Gasteiger partial charge in [0.2, 0.25) is 5.91 Å². The predicted molar refractivity (Wildman–Crippen MR) is 92.9 cm³/mol. The topological polar surface area (TPSA) is 62.7 Å². The minimum absolute atomic E-state index is 0.0392. The number of carbonyl (C=O) groups excluding carboxylic acids is 2. The van der Waals surface area contributed by atoms with E-state index < -0.39 is 11.7 Å². The van der Waals surface area contributed by atoms with Crippen LogP contribution in [0.1, 0.15) is 59.1 Å². The quantitative estimate of drug-likeness (QED) is 0.849. The molecule has 2 amide bonds. The fraction of sp³-hybridized carbons (Fsp3) is 0.611. The normalized spacial score (nSPS) is 17.7. The van der Waals surface area contributed by atoms with E-state index in [9.17, 15) is 9.59 Å². The fourth-order valence-electron chi connectivity index (χ4n) is 3.04. The number of aromatic nitrogens is 1. The van der Waals surface area contributed by atoms with Gasteiger partial charge in [-0.05, 0) is 46.6 Å². The Morgan fingerprint density at radius 1 is 1.42 bits per heavy atom. The van der Waals surface area contributed by atoms with Crippen LogP contribution in [0.25, 0.3) is 0 Å². The summed E-state index contributed by atoms with van der Waals surface area (Å²) in [6.45, 7) is 10.2. The van der Waals surface area contributed by atoms with Crippen LogP contribution in [0.3, 0.4) is 0 Å². The molecule has 1 aromatic rings. The second kappa shape index (κ2) is 7.20. The highest BCUT2D eigenvalue weighted by molar-refractivity contribution is 5.87. The van der Waals surface area contributed by atoms with Crippen molar-refractivity contribution >= 4 is 17.8 Å². The molecule has 1 aliphatic heterocycles. The molecule has 1 aromatic heterocycles. The number of likely N-dealkylation sites (tertiary alicyclic amines) is 1. The first-order chi connectivity index (χ1) is 11.2. The van der Waals surface area contributed by atoms with Crippen molar-refractivity contribution in [1.29, 1.82) is 0 Å². The smallest absolute Gasteiger partial charge is 0.415 e. The van der Waals surface area contributed by atoms with Crippen molar-refractivity contribution in [3.63, 3.8) is 0 Å². The third kappa shape index (κ3) is 4.04. The SMILES string of the molecule is CCN(C(=O)OC(C)(C)C)c1ncccc1[C@@H]1CCCN1C(C)=O. The largest absolute Gasteiger partial charge is 0.443 e. The van der Waals surface area contributed by atoms with Crippen molar-refractivity contribution in [2.75, 3.05) is 18.0 Å². The van der Waals surface area contributed by atoms with Gasteiger partial charge in [0.05, 0.1) is 6.04 Å². The summed E-state index contributed by atoms with van der Waals surface area (Å²) in [6.07, 6.45) is 3.08. The maximum atomic E-state index is 12.6. The molecule has 0 saturated carbocycles. The van der Waals surface area contributed by atoms with Crippen LogP contribution in [0, 0.1) is 0 Å². The lowest BCUT2D eigenvalue weighted by atomic mass is 10.0. The highest BCUT2D eigenvalue weighted by atomic mass is 16.6. The van der Waals surface area contributed by atoms with Gasteiger partial charge < -0.3 is 9.64 Å². The standard InChI is InChI=1S/C18H27N3O3/c1-6-20(17(23)24-18(3,4)5)16-14(9-7-11-19-16)15-10-8-12-21(15)13(2)22/h7,9,11,15H,6,8,10,12H2,1-5H3/t15-/m0/s1. The highest BCUT2D eigenvalue weighted by Gasteiger charge is 2.33. The Bertz CT molecular complexity index is 610. The first-order valence-electron chi connectivity index (χ1n) is 8.47. The Morgan fingerprint density at radius 3 is 2.71 bits per heavy atom. The third-order valence-corrected chi connectivity index (χ3v) is 4.02. The van der Waals surface area contributed by atoms with Gasteiger partial charge in [-0.2, -0.15) is 0 Å². The van der Waals surface area contributed by atoms with Gasteiger partial charge in [0, 0.05) is 31.8 Å². The van der Waals surface area contributed by atoms with E-state index in [0.29, 0.717) is 12.4 Å². The molecule has 0 bridgehead atoms. The van der Waals surface area contributed by atoms with Crippen LogP contribution in [0.4, 0.5) is 10.6 Å². The third-order valence-electron chi connectivity index (χ3n) is 4.02. The molecular formula is C18H27N3O3. The van der Waals surface area contributed by atoms with Crippen molar-refractivity contribution in [3.8, 4) is 0 Å². The van der Waals surface area contributed by atoms with Gasteiger partial charge in [-0.3, -0.25) is 9.69 Å². The lowest BCUT2D eigenvalue weighted by Gasteiger charge is -2.30. The summed E-state index contributed by atoms with van der Waals surface area (Å²) in [6, 6.07) is 3.75. The number of rotatable bonds is 3. The van der Waals surface area contributed by atoms with Crippen LogP contribution < -0.4 is 4.90 Å². The lowest BCUT2D eigenvalue weighted by molar-refractivity contribution is -0.129. The van der Waals surface area contributed by atoms with E-state index in [0.717, 1.165) is 24.9 Å². The minimum Gasteiger partial charge on any atom is -0.443 e. The monoisotopic (exact) mass is 333 g/mol. The van der Waals surface area contributed by atoms with E-state index in [2.05, 4.69) is 4.98 Å². The maximum Gasteiger partial charge on any atom is 0.415 e. The molecule has 0 N–H and O–H groups in total. The molecule has 1 fully saturated rings. The van der Waals surface area contributed by atoms with Crippen molar-refractivity contribution in [2.24, 2.45) is 0 Å². The zero-order valence-electron chi connectivity index (χ0n) is 15.2. The molecule has 0 spiro atoms. The molecule has 0 unspecified atom stereocenters. The Labute approximate surface area is 143 Å². The van der Waals surface area contributed by atoms with Gasteiger partial charge >= 0.3 is 6.09 Å². The van der Waals surface area contributed by atoms with E-state index in [1.165, 1.54) is 4.90 Å². The van der Waals surface area contributed by atoms with Crippen LogP contribution in [0.15, 0.2) is 18.3 Å². The van der Waals surface area contributed by atoms with Crippen molar-refractivity contribution in [2.45, 2.75) is 59.1 Å². The summed E-state index contributed by atoms with van der Waals surface area (Å²) in [5.74, 6) is 0.625.